The minimum absolute atomic E-state index is 0.204. The van der Waals surface area contributed by atoms with Crippen LogP contribution in [0.3, 0.4) is 0 Å². The topological polar surface area (TPSA) is 49.3 Å². The van der Waals surface area contributed by atoms with Crippen molar-refractivity contribution in [3.8, 4) is 11.1 Å². The maximum atomic E-state index is 13.3. The second-order valence-electron chi connectivity index (χ2n) is 6.80. The molecule has 0 aliphatic carbocycles. The zero-order valence-corrected chi connectivity index (χ0v) is 17.2. The molecule has 0 N–H and O–H groups in total. The molecule has 0 saturated carbocycles. The summed E-state index contributed by atoms with van der Waals surface area (Å²) in [7, 11) is 2.08. The van der Waals surface area contributed by atoms with Gasteiger partial charge in [-0.1, -0.05) is 12.1 Å². The summed E-state index contributed by atoms with van der Waals surface area (Å²) in [6.45, 7) is 3.47. The molecule has 1 amide bonds. The molecule has 1 aromatic carbocycles. The Morgan fingerprint density at radius 1 is 1.18 bits per heavy atom. The highest BCUT2D eigenvalue weighted by atomic mass is 32.2. The zero-order valence-electron chi connectivity index (χ0n) is 15.6. The van der Waals surface area contributed by atoms with Crippen LogP contribution in [0.15, 0.2) is 41.0 Å². The van der Waals surface area contributed by atoms with Crippen LogP contribution in [0.1, 0.15) is 6.42 Å². The summed E-state index contributed by atoms with van der Waals surface area (Å²) < 4.78 is 13.3. The Labute approximate surface area is 171 Å². The molecule has 3 heterocycles. The lowest BCUT2D eigenvalue weighted by atomic mass is 10.1. The van der Waals surface area contributed by atoms with Crippen LogP contribution in [-0.2, 0) is 4.79 Å². The fraction of sp³-hybridized carbons (Fsp3) is 0.350. The summed E-state index contributed by atoms with van der Waals surface area (Å²) in [5, 5.41) is 3.89. The molecule has 1 aliphatic heterocycles. The quantitative estimate of drug-likeness (QED) is 0.468. The fourth-order valence-corrected chi connectivity index (χ4v) is 5.17. The Hall–Kier alpha value is -2.03. The Kier molecular flexibility index (Phi) is 5.89. The van der Waals surface area contributed by atoms with E-state index in [9.17, 15) is 9.18 Å². The van der Waals surface area contributed by atoms with E-state index in [0.717, 1.165) is 52.5 Å². The molecule has 3 aromatic rings. The van der Waals surface area contributed by atoms with Crippen LogP contribution in [0, 0.1) is 5.82 Å². The normalized spacial score (nSPS) is 15.3. The van der Waals surface area contributed by atoms with Gasteiger partial charge in [0.15, 0.2) is 0 Å². The number of hydrogen-bond acceptors (Lipinski definition) is 6. The van der Waals surface area contributed by atoms with E-state index in [-0.39, 0.29) is 11.7 Å². The van der Waals surface area contributed by atoms with Gasteiger partial charge in [-0.05, 0) is 24.7 Å². The SMILES string of the molecule is CN1CCN(C(=O)CCSc2ncnc3scc(-c4ccc(F)cc4)c23)CC1. The van der Waals surface area contributed by atoms with Crippen molar-refractivity contribution in [2.24, 2.45) is 0 Å². The molecule has 1 saturated heterocycles. The monoisotopic (exact) mass is 416 g/mol. The van der Waals surface area contributed by atoms with Gasteiger partial charge in [-0.25, -0.2) is 14.4 Å². The number of rotatable bonds is 5. The van der Waals surface area contributed by atoms with E-state index >= 15 is 0 Å². The molecule has 0 bridgehead atoms. The maximum Gasteiger partial charge on any atom is 0.223 e. The molecule has 5 nitrogen and oxygen atoms in total. The van der Waals surface area contributed by atoms with Gasteiger partial charge < -0.3 is 9.80 Å². The molecule has 4 rings (SSSR count). The molecular formula is C20H21FN4OS2. The Balaban J connectivity index is 1.47. The number of thioether (sulfide) groups is 1. The Bertz CT molecular complexity index is 968. The molecule has 0 spiro atoms. The lowest BCUT2D eigenvalue weighted by Crippen LogP contribution is -2.47. The molecule has 146 valence electrons. The molecule has 0 radical (unpaired) electrons. The highest BCUT2D eigenvalue weighted by Gasteiger charge is 2.19. The number of piperazine rings is 1. The van der Waals surface area contributed by atoms with Crippen molar-refractivity contribution >= 4 is 39.2 Å². The predicted molar refractivity (Wildman–Crippen MR) is 112 cm³/mol. The van der Waals surface area contributed by atoms with Crippen LogP contribution < -0.4 is 0 Å². The van der Waals surface area contributed by atoms with Crippen molar-refractivity contribution in [1.82, 2.24) is 19.8 Å². The van der Waals surface area contributed by atoms with Gasteiger partial charge in [0.1, 0.15) is 22.0 Å². The van der Waals surface area contributed by atoms with Crippen LogP contribution in [-0.4, -0.2) is 64.7 Å². The number of halogens is 1. The summed E-state index contributed by atoms with van der Waals surface area (Å²) >= 11 is 3.13. The van der Waals surface area contributed by atoms with Crippen molar-refractivity contribution < 1.29 is 9.18 Å². The number of nitrogens with zero attached hydrogens (tertiary/aromatic N) is 4. The van der Waals surface area contributed by atoms with Crippen LogP contribution in [0.2, 0.25) is 0 Å². The van der Waals surface area contributed by atoms with Crippen molar-refractivity contribution in [3.63, 3.8) is 0 Å². The summed E-state index contributed by atoms with van der Waals surface area (Å²) in [4.78, 5) is 26.4. The van der Waals surface area contributed by atoms with Crippen LogP contribution in [0.5, 0.6) is 0 Å². The summed E-state index contributed by atoms with van der Waals surface area (Å²) in [5.41, 5.74) is 1.95. The molecule has 28 heavy (non-hydrogen) atoms. The number of aromatic nitrogens is 2. The Morgan fingerprint density at radius 3 is 2.68 bits per heavy atom. The van der Waals surface area contributed by atoms with Gasteiger partial charge in [0.25, 0.3) is 0 Å². The number of thiophene rings is 1. The standard InChI is InChI=1S/C20H21FN4OS2/c1-24-7-9-25(10-8-24)17(26)6-11-27-19-18-16(12-28-20(18)23-13-22-19)14-2-4-15(21)5-3-14/h2-5,12-13H,6-11H2,1H3. The molecule has 1 fully saturated rings. The maximum absolute atomic E-state index is 13.3. The van der Waals surface area contributed by atoms with Gasteiger partial charge in [-0.2, -0.15) is 0 Å². The van der Waals surface area contributed by atoms with Gasteiger partial charge in [0, 0.05) is 49.3 Å². The second kappa shape index (κ2) is 8.55. The van der Waals surface area contributed by atoms with Crippen molar-refractivity contribution in [2.75, 3.05) is 39.0 Å². The smallest absolute Gasteiger partial charge is 0.223 e. The third kappa shape index (κ3) is 4.19. The van der Waals surface area contributed by atoms with Gasteiger partial charge >= 0.3 is 0 Å². The van der Waals surface area contributed by atoms with E-state index in [1.54, 1.807) is 41.6 Å². The average molecular weight is 417 g/mol. The number of benzene rings is 1. The first kappa shape index (κ1) is 19.3. The van der Waals surface area contributed by atoms with Crippen molar-refractivity contribution in [2.45, 2.75) is 11.4 Å². The number of fused-ring (bicyclic) bond motifs is 1. The Morgan fingerprint density at radius 2 is 1.93 bits per heavy atom. The third-order valence-corrected chi connectivity index (χ3v) is 6.78. The second-order valence-corrected chi connectivity index (χ2v) is 8.74. The first-order valence-corrected chi connectivity index (χ1v) is 11.1. The van der Waals surface area contributed by atoms with E-state index in [0.29, 0.717) is 12.2 Å². The van der Waals surface area contributed by atoms with Crippen LogP contribution in [0.4, 0.5) is 4.39 Å². The fourth-order valence-electron chi connectivity index (χ4n) is 3.25. The number of likely N-dealkylation sites (N-methyl/N-ethyl adjacent to an activating group) is 1. The molecule has 0 unspecified atom stereocenters. The van der Waals surface area contributed by atoms with E-state index < -0.39 is 0 Å². The van der Waals surface area contributed by atoms with E-state index in [1.807, 2.05) is 10.3 Å². The molecule has 8 heteroatoms. The first-order valence-electron chi connectivity index (χ1n) is 9.19. The number of carbonyl (C=O) groups excluding carboxylic acids is 1. The van der Waals surface area contributed by atoms with Crippen molar-refractivity contribution in [3.05, 3.63) is 41.8 Å². The zero-order chi connectivity index (χ0) is 19.5. The van der Waals surface area contributed by atoms with Gasteiger partial charge in [0.05, 0.1) is 5.39 Å². The van der Waals surface area contributed by atoms with E-state index in [4.69, 9.17) is 0 Å². The van der Waals surface area contributed by atoms with Crippen LogP contribution in [0.25, 0.3) is 21.3 Å². The highest BCUT2D eigenvalue weighted by molar-refractivity contribution is 7.99. The van der Waals surface area contributed by atoms with Gasteiger partial charge in [-0.3, -0.25) is 4.79 Å². The lowest BCUT2D eigenvalue weighted by molar-refractivity contribution is -0.132. The van der Waals surface area contributed by atoms with Gasteiger partial charge in [-0.15, -0.1) is 23.1 Å². The highest BCUT2D eigenvalue weighted by Crippen LogP contribution is 2.38. The minimum Gasteiger partial charge on any atom is -0.340 e. The summed E-state index contributed by atoms with van der Waals surface area (Å²) in [5.74, 6) is 0.627. The summed E-state index contributed by atoms with van der Waals surface area (Å²) in [6, 6.07) is 6.47. The number of hydrogen-bond donors (Lipinski definition) is 0. The van der Waals surface area contributed by atoms with Gasteiger partial charge in [0.2, 0.25) is 5.91 Å². The van der Waals surface area contributed by atoms with Crippen molar-refractivity contribution in [1.29, 1.82) is 0 Å². The first-order chi connectivity index (χ1) is 13.6. The number of amides is 1. The average Bonchev–Trinajstić information content (AvgIpc) is 3.14. The predicted octanol–water partition coefficient (Wildman–Crippen LogP) is 3.75. The lowest BCUT2D eigenvalue weighted by Gasteiger charge is -2.32. The summed E-state index contributed by atoms with van der Waals surface area (Å²) in [6.07, 6.45) is 2.06. The van der Waals surface area contributed by atoms with Crippen LogP contribution >= 0.6 is 23.1 Å². The van der Waals surface area contributed by atoms with E-state index in [1.165, 1.54) is 12.1 Å². The third-order valence-electron chi connectivity index (χ3n) is 4.90. The number of carbonyl (C=O) groups is 1. The molecule has 0 atom stereocenters. The van der Waals surface area contributed by atoms with E-state index in [2.05, 4.69) is 21.9 Å². The molecule has 2 aromatic heterocycles. The molecule has 1 aliphatic rings. The molecular weight excluding hydrogens is 395 g/mol. The minimum atomic E-state index is -0.253. The largest absolute Gasteiger partial charge is 0.340 e.